The first kappa shape index (κ1) is 26.0. The van der Waals surface area contributed by atoms with E-state index in [0.717, 1.165) is 40.4 Å². The summed E-state index contributed by atoms with van der Waals surface area (Å²) in [5, 5.41) is 24.7. The number of ether oxygens (including phenoxy) is 2. The molecule has 1 unspecified atom stereocenters. The third kappa shape index (κ3) is 6.12. The molecule has 0 aliphatic rings. The zero-order valence-corrected chi connectivity index (χ0v) is 21.6. The molecule has 0 aliphatic carbocycles. The van der Waals surface area contributed by atoms with Gasteiger partial charge in [0.25, 0.3) is 0 Å². The molecule has 4 N–H and O–H groups in total. The average molecular weight is 523 g/mol. The number of hydrogen-bond acceptors (Lipinski definition) is 6. The van der Waals surface area contributed by atoms with Crippen molar-refractivity contribution >= 4 is 10.9 Å². The van der Waals surface area contributed by atoms with Crippen LogP contribution in [0.25, 0.3) is 22.0 Å². The number of fused-ring (bicyclic) bond motifs is 1. The van der Waals surface area contributed by atoms with Crippen LogP contribution < -0.4 is 20.3 Å². The molecule has 1 heterocycles. The van der Waals surface area contributed by atoms with Crippen molar-refractivity contribution in [3.8, 4) is 34.1 Å². The van der Waals surface area contributed by atoms with Gasteiger partial charge in [-0.05, 0) is 72.1 Å². The number of H-pyrrole nitrogens is 1. The number of hydrogen-bond donors (Lipinski definition) is 4. The number of aromatic hydroxyl groups is 1. The van der Waals surface area contributed by atoms with Crippen LogP contribution in [-0.2, 0) is 6.42 Å². The van der Waals surface area contributed by atoms with Crippen molar-refractivity contribution in [2.24, 2.45) is 0 Å². The Labute approximate surface area is 226 Å². The first-order valence-electron chi connectivity index (χ1n) is 12.8. The Morgan fingerprint density at radius 2 is 1.67 bits per heavy atom. The lowest BCUT2D eigenvalue weighted by Gasteiger charge is -2.15. The molecule has 0 aliphatic heterocycles. The lowest BCUT2D eigenvalue weighted by atomic mass is 10.0. The summed E-state index contributed by atoms with van der Waals surface area (Å²) in [4.78, 5) is 14.2. The third-order valence-corrected chi connectivity index (χ3v) is 6.61. The molecule has 7 heteroatoms. The van der Waals surface area contributed by atoms with E-state index in [-0.39, 0.29) is 11.3 Å². The Hall–Kier alpha value is -4.59. The summed E-state index contributed by atoms with van der Waals surface area (Å²) in [6, 6.07) is 29.9. The normalized spacial score (nSPS) is 11.8. The summed E-state index contributed by atoms with van der Waals surface area (Å²) in [5.74, 6) is 2.23. The molecule has 0 spiro atoms. The standard InChI is InChI=1S/C32H30N2O5/c1-38-30-15-11-24(19-27(30)22-5-3-2-4-6-22)39-23-9-7-21(8-10-23)17-18-33-20-29(36)25-12-14-28(35)32-26(25)13-16-31(37)34-32/h2-16,19,29,33,35-36H,17-18,20H2,1H3,(H,34,37). The fourth-order valence-corrected chi connectivity index (χ4v) is 4.59. The fraction of sp³-hybridized carbons (Fsp3) is 0.156. The van der Waals surface area contributed by atoms with E-state index in [4.69, 9.17) is 9.47 Å². The summed E-state index contributed by atoms with van der Waals surface area (Å²) in [5.41, 5.74) is 3.82. The molecule has 0 saturated carbocycles. The van der Waals surface area contributed by atoms with Gasteiger partial charge in [-0.3, -0.25) is 4.79 Å². The second-order valence-electron chi connectivity index (χ2n) is 9.23. The third-order valence-electron chi connectivity index (χ3n) is 6.61. The Kier molecular flexibility index (Phi) is 7.91. The van der Waals surface area contributed by atoms with Gasteiger partial charge >= 0.3 is 0 Å². The Bertz CT molecular complexity index is 1610. The van der Waals surface area contributed by atoms with Gasteiger partial charge < -0.3 is 30.0 Å². The number of benzene rings is 4. The molecule has 198 valence electrons. The van der Waals surface area contributed by atoms with Crippen LogP contribution in [0.4, 0.5) is 0 Å². The summed E-state index contributed by atoms with van der Waals surface area (Å²) >= 11 is 0. The highest BCUT2D eigenvalue weighted by Gasteiger charge is 2.14. The molecule has 0 bridgehead atoms. The molecule has 0 amide bonds. The van der Waals surface area contributed by atoms with Gasteiger partial charge in [0.05, 0.1) is 18.7 Å². The zero-order chi connectivity index (χ0) is 27.2. The molecule has 5 rings (SSSR count). The highest BCUT2D eigenvalue weighted by Crippen LogP contribution is 2.35. The van der Waals surface area contributed by atoms with Crippen molar-refractivity contribution in [1.82, 2.24) is 10.3 Å². The van der Waals surface area contributed by atoms with Gasteiger partial charge in [0.2, 0.25) is 5.56 Å². The van der Waals surface area contributed by atoms with E-state index in [9.17, 15) is 15.0 Å². The molecule has 0 fully saturated rings. The van der Waals surface area contributed by atoms with Gasteiger partial charge in [0.1, 0.15) is 23.0 Å². The van der Waals surface area contributed by atoms with E-state index in [1.165, 1.54) is 12.1 Å². The number of aromatic nitrogens is 1. The van der Waals surface area contributed by atoms with Crippen LogP contribution in [0.1, 0.15) is 17.2 Å². The van der Waals surface area contributed by atoms with Crippen molar-refractivity contribution in [3.05, 3.63) is 119 Å². The number of phenolic OH excluding ortho intramolecular Hbond substituents is 1. The van der Waals surface area contributed by atoms with E-state index in [1.54, 1.807) is 19.2 Å². The molecule has 39 heavy (non-hydrogen) atoms. The zero-order valence-electron chi connectivity index (χ0n) is 21.6. The molecule has 0 saturated heterocycles. The summed E-state index contributed by atoms with van der Waals surface area (Å²) in [6.07, 6.45) is -0.0165. The highest BCUT2D eigenvalue weighted by atomic mass is 16.5. The second-order valence-corrected chi connectivity index (χ2v) is 9.23. The minimum atomic E-state index is -0.792. The minimum Gasteiger partial charge on any atom is -0.506 e. The lowest BCUT2D eigenvalue weighted by Crippen LogP contribution is -2.24. The molecular weight excluding hydrogens is 492 g/mol. The van der Waals surface area contributed by atoms with Crippen molar-refractivity contribution < 1.29 is 19.7 Å². The Morgan fingerprint density at radius 1 is 0.897 bits per heavy atom. The SMILES string of the molecule is COc1ccc(Oc2ccc(CCNCC(O)c3ccc(O)c4[nH]c(=O)ccc34)cc2)cc1-c1ccccc1. The summed E-state index contributed by atoms with van der Waals surface area (Å²) < 4.78 is 11.6. The number of aliphatic hydroxyl groups is 1. The van der Waals surface area contributed by atoms with Gasteiger partial charge in [-0.15, -0.1) is 0 Å². The van der Waals surface area contributed by atoms with Crippen LogP contribution in [-0.4, -0.2) is 35.4 Å². The molecule has 1 atom stereocenters. The van der Waals surface area contributed by atoms with Crippen LogP contribution in [0.5, 0.6) is 23.0 Å². The van der Waals surface area contributed by atoms with E-state index < -0.39 is 6.10 Å². The number of phenols is 1. The van der Waals surface area contributed by atoms with Crippen molar-refractivity contribution in [2.75, 3.05) is 20.2 Å². The van der Waals surface area contributed by atoms with Crippen LogP contribution in [0.3, 0.4) is 0 Å². The van der Waals surface area contributed by atoms with Gasteiger partial charge in [0.15, 0.2) is 0 Å². The molecule has 0 radical (unpaired) electrons. The van der Waals surface area contributed by atoms with Crippen molar-refractivity contribution in [1.29, 1.82) is 0 Å². The topological polar surface area (TPSA) is 104 Å². The smallest absolute Gasteiger partial charge is 0.248 e. The molecule has 5 aromatic rings. The van der Waals surface area contributed by atoms with E-state index in [2.05, 4.69) is 10.3 Å². The van der Waals surface area contributed by atoms with E-state index in [0.29, 0.717) is 29.6 Å². The number of rotatable bonds is 10. The molecule has 4 aromatic carbocycles. The maximum absolute atomic E-state index is 11.6. The first-order valence-corrected chi connectivity index (χ1v) is 12.8. The predicted molar refractivity (Wildman–Crippen MR) is 153 cm³/mol. The molecule has 7 nitrogen and oxygen atoms in total. The predicted octanol–water partition coefficient (Wildman–Crippen LogP) is 5.57. The van der Waals surface area contributed by atoms with Crippen LogP contribution in [0.15, 0.2) is 102 Å². The minimum absolute atomic E-state index is 0.0253. The maximum Gasteiger partial charge on any atom is 0.248 e. The average Bonchev–Trinajstić information content (AvgIpc) is 2.97. The Balaban J connectivity index is 1.16. The molecule has 1 aromatic heterocycles. The Morgan fingerprint density at radius 3 is 2.44 bits per heavy atom. The summed E-state index contributed by atoms with van der Waals surface area (Å²) in [7, 11) is 1.66. The summed E-state index contributed by atoms with van der Waals surface area (Å²) in [6.45, 7) is 1.00. The number of aromatic amines is 1. The lowest BCUT2D eigenvalue weighted by molar-refractivity contribution is 0.176. The number of pyridine rings is 1. The number of methoxy groups -OCH3 is 1. The monoisotopic (exact) mass is 522 g/mol. The van der Waals surface area contributed by atoms with Gasteiger partial charge in [-0.2, -0.15) is 0 Å². The second kappa shape index (κ2) is 11.9. The van der Waals surface area contributed by atoms with Crippen LogP contribution in [0.2, 0.25) is 0 Å². The van der Waals surface area contributed by atoms with Gasteiger partial charge in [0, 0.05) is 23.6 Å². The maximum atomic E-state index is 11.6. The largest absolute Gasteiger partial charge is 0.506 e. The van der Waals surface area contributed by atoms with Crippen molar-refractivity contribution in [2.45, 2.75) is 12.5 Å². The first-order chi connectivity index (χ1) is 19.0. The quantitative estimate of drug-likeness (QED) is 0.179. The van der Waals surface area contributed by atoms with E-state index >= 15 is 0 Å². The number of nitrogens with one attached hydrogen (secondary N) is 2. The van der Waals surface area contributed by atoms with Crippen LogP contribution >= 0.6 is 0 Å². The number of aliphatic hydroxyl groups excluding tert-OH is 1. The molecular formula is C32H30N2O5. The van der Waals surface area contributed by atoms with Crippen molar-refractivity contribution in [3.63, 3.8) is 0 Å². The van der Waals surface area contributed by atoms with Gasteiger partial charge in [-0.1, -0.05) is 48.5 Å². The van der Waals surface area contributed by atoms with E-state index in [1.807, 2.05) is 72.8 Å². The van der Waals surface area contributed by atoms with Gasteiger partial charge in [-0.25, -0.2) is 0 Å². The fourth-order valence-electron chi connectivity index (χ4n) is 4.59. The highest BCUT2D eigenvalue weighted by molar-refractivity contribution is 5.87. The van der Waals surface area contributed by atoms with Crippen LogP contribution in [0, 0.1) is 0 Å².